The molecule has 0 spiro atoms. The molecule has 0 atom stereocenters. The number of nitrogens with two attached hydrogens (primary N) is 1. The van der Waals surface area contributed by atoms with E-state index < -0.39 is 66.8 Å². The van der Waals surface area contributed by atoms with Gasteiger partial charge in [-0.1, -0.05) is 18.2 Å². The molecule has 2 saturated heterocycles. The van der Waals surface area contributed by atoms with Crippen LogP contribution in [0.2, 0.25) is 0 Å². The van der Waals surface area contributed by atoms with Crippen LogP contribution in [0.15, 0.2) is 36.4 Å². The minimum Gasteiger partial charge on any atom is -0.465 e. The highest BCUT2D eigenvalue weighted by atomic mass is 32.2. The van der Waals surface area contributed by atoms with Crippen LogP contribution in [0, 0.1) is 11.6 Å². The van der Waals surface area contributed by atoms with Crippen molar-refractivity contribution in [2.24, 2.45) is 5.73 Å². The molecule has 336 valence electrons. The first kappa shape index (κ1) is 50.1. The number of likely N-dealkylation sites (tertiary alicyclic amines) is 2. The second-order valence-electron chi connectivity index (χ2n) is 16.7. The van der Waals surface area contributed by atoms with Gasteiger partial charge in [-0.25, -0.2) is 40.0 Å². The van der Waals surface area contributed by atoms with Crippen LogP contribution in [0.1, 0.15) is 99.1 Å². The largest absolute Gasteiger partial charge is 0.465 e. The number of carbonyl (C=O) groups is 4. The van der Waals surface area contributed by atoms with Crippen LogP contribution in [0.4, 0.5) is 18.4 Å². The second-order valence-corrected chi connectivity index (χ2v) is 20.6. The molecule has 4 rings (SSSR count). The van der Waals surface area contributed by atoms with E-state index in [1.807, 2.05) is 0 Å². The maximum Gasteiger partial charge on any atom is 0.410 e. The number of esters is 1. The zero-order valence-electron chi connectivity index (χ0n) is 35.8. The summed E-state index contributed by atoms with van der Waals surface area (Å²) in [6.45, 7) is 11.5. The lowest BCUT2D eigenvalue weighted by Crippen LogP contribution is -2.49. The fraction of sp³-hybridized carbons (Fsp3) is 0.600. The average molecular weight is 888 g/mol. The lowest BCUT2D eigenvalue weighted by atomic mass is 10.0. The molecule has 2 aromatic rings. The molecule has 2 aliphatic rings. The van der Waals surface area contributed by atoms with Gasteiger partial charge < -0.3 is 29.7 Å². The number of benzene rings is 2. The number of nitrogens with zero attached hydrogens (tertiary/aromatic N) is 4. The van der Waals surface area contributed by atoms with Gasteiger partial charge in [0.25, 0.3) is 0 Å². The lowest BCUT2D eigenvalue weighted by molar-refractivity contribution is 0.0165. The van der Waals surface area contributed by atoms with Crippen molar-refractivity contribution < 1.29 is 59.0 Å². The molecule has 2 heterocycles. The van der Waals surface area contributed by atoms with Crippen LogP contribution in [-0.2, 0) is 47.3 Å². The maximum absolute atomic E-state index is 14.5. The van der Waals surface area contributed by atoms with Crippen molar-refractivity contribution >= 4 is 44.0 Å². The predicted molar refractivity (Wildman–Crippen MR) is 220 cm³/mol. The molecular formula is C40H59F2N5O11S2. The van der Waals surface area contributed by atoms with E-state index in [0.29, 0.717) is 51.9 Å². The summed E-state index contributed by atoms with van der Waals surface area (Å²) >= 11 is 0. The quantitative estimate of drug-likeness (QED) is 0.182. The van der Waals surface area contributed by atoms with Gasteiger partial charge in [-0.3, -0.25) is 4.79 Å². The topological polar surface area (TPSA) is 203 Å². The average Bonchev–Trinajstić information content (AvgIpc) is 3.14. The Morgan fingerprint density at radius 1 is 0.683 bits per heavy atom. The minimum atomic E-state index is -3.64. The van der Waals surface area contributed by atoms with Crippen LogP contribution in [-0.4, -0.2) is 135 Å². The first-order valence-corrected chi connectivity index (χ1v) is 23.1. The number of rotatable bonds is 11. The second kappa shape index (κ2) is 20.5. The van der Waals surface area contributed by atoms with Gasteiger partial charge in [0.1, 0.15) is 22.8 Å². The van der Waals surface area contributed by atoms with Gasteiger partial charge in [0.05, 0.1) is 31.7 Å². The van der Waals surface area contributed by atoms with E-state index in [1.54, 1.807) is 51.3 Å². The van der Waals surface area contributed by atoms with Gasteiger partial charge in [-0.2, -0.15) is 8.61 Å². The molecule has 0 aliphatic carbocycles. The Balaban J connectivity index is 0.000000320. The molecule has 2 aromatic carbocycles. The van der Waals surface area contributed by atoms with E-state index in [4.69, 9.17) is 15.2 Å². The van der Waals surface area contributed by atoms with Crippen molar-refractivity contribution in [3.05, 3.63) is 70.3 Å². The van der Waals surface area contributed by atoms with Crippen molar-refractivity contribution in [2.45, 2.75) is 104 Å². The summed E-state index contributed by atoms with van der Waals surface area (Å²) in [5, 5.41) is 0. The standard InChI is InChI=1S/C20H30FN3O5S.C20H29FN2O6S/c1-20(2,3)29-19(26)23-9-7-16(8-10-23)24(30(4,27)28)13-15-6-5-14(11-17(15)21)18(25)12-22;1-20(2,3)29-19(25)22-10-8-16(9-11-22)23(30(5,26)27)13-15-7-6-14(12-17(15)21)18(24)28-4/h5-6,11,16H,7-10,12-13,22H2,1-4H3;6-7,12,16H,8-11,13H2,1-5H3. The van der Waals surface area contributed by atoms with Crippen molar-refractivity contribution in [3.63, 3.8) is 0 Å². The molecule has 2 fully saturated rings. The Bertz CT molecular complexity index is 1930. The van der Waals surface area contributed by atoms with E-state index in [9.17, 15) is 44.8 Å². The lowest BCUT2D eigenvalue weighted by Gasteiger charge is -2.37. The maximum atomic E-state index is 14.5. The third-order valence-electron chi connectivity index (χ3n) is 9.59. The van der Waals surface area contributed by atoms with E-state index >= 15 is 0 Å². The van der Waals surface area contributed by atoms with Gasteiger partial charge in [0, 0.05) is 68.0 Å². The van der Waals surface area contributed by atoms with Crippen LogP contribution in [0.3, 0.4) is 0 Å². The zero-order valence-corrected chi connectivity index (χ0v) is 37.5. The number of amides is 2. The summed E-state index contributed by atoms with van der Waals surface area (Å²) in [4.78, 5) is 50.7. The summed E-state index contributed by atoms with van der Waals surface area (Å²) < 4.78 is 96.4. The highest BCUT2D eigenvalue weighted by Gasteiger charge is 2.35. The van der Waals surface area contributed by atoms with E-state index in [2.05, 4.69) is 4.74 Å². The fourth-order valence-electron chi connectivity index (χ4n) is 6.58. The normalized spacial score (nSPS) is 16.0. The van der Waals surface area contributed by atoms with Crippen molar-refractivity contribution in [1.82, 2.24) is 18.4 Å². The summed E-state index contributed by atoms with van der Waals surface area (Å²) in [6.07, 6.45) is 2.94. The molecule has 2 aliphatic heterocycles. The van der Waals surface area contributed by atoms with Gasteiger partial charge in [0.2, 0.25) is 20.0 Å². The van der Waals surface area contributed by atoms with E-state index in [0.717, 1.165) is 24.6 Å². The summed E-state index contributed by atoms with van der Waals surface area (Å²) in [5.74, 6) is -2.41. The predicted octanol–water partition coefficient (Wildman–Crippen LogP) is 4.90. The summed E-state index contributed by atoms with van der Waals surface area (Å²) in [5.41, 5.74) is 4.60. The van der Waals surface area contributed by atoms with Gasteiger partial charge >= 0.3 is 18.2 Å². The molecule has 20 heteroatoms. The molecule has 0 aromatic heterocycles. The Hall–Kier alpha value is -4.24. The third-order valence-corrected chi connectivity index (χ3v) is 12.1. The van der Waals surface area contributed by atoms with E-state index in [1.165, 1.54) is 40.0 Å². The highest BCUT2D eigenvalue weighted by Crippen LogP contribution is 2.26. The number of piperidine rings is 2. The fourth-order valence-corrected chi connectivity index (χ4v) is 8.84. The number of sulfonamides is 2. The molecule has 60 heavy (non-hydrogen) atoms. The third kappa shape index (κ3) is 15.0. The van der Waals surface area contributed by atoms with Gasteiger partial charge in [0.15, 0.2) is 5.78 Å². The van der Waals surface area contributed by atoms with Crippen molar-refractivity contribution in [3.8, 4) is 0 Å². The van der Waals surface area contributed by atoms with Gasteiger partial charge in [-0.15, -0.1) is 0 Å². The molecule has 0 unspecified atom stereocenters. The molecule has 0 saturated carbocycles. The molecular weight excluding hydrogens is 829 g/mol. The van der Waals surface area contributed by atoms with Crippen LogP contribution < -0.4 is 5.73 Å². The Kier molecular flexibility index (Phi) is 17.2. The number of halogens is 2. The number of carbonyl (C=O) groups excluding carboxylic acids is 4. The summed E-state index contributed by atoms with van der Waals surface area (Å²) in [6, 6.07) is 7.00. The molecule has 16 nitrogen and oxygen atoms in total. The number of ether oxygens (including phenoxy) is 3. The minimum absolute atomic E-state index is 0.0512. The molecule has 0 radical (unpaired) electrons. The number of Topliss-reactive ketones (excluding diaryl/α,β-unsaturated/α-hetero) is 1. The first-order valence-electron chi connectivity index (χ1n) is 19.4. The number of hydrogen-bond acceptors (Lipinski definition) is 12. The smallest absolute Gasteiger partial charge is 0.410 e. The Morgan fingerprint density at radius 2 is 1.03 bits per heavy atom. The van der Waals surface area contributed by atoms with Crippen molar-refractivity contribution in [2.75, 3.05) is 52.3 Å². The molecule has 0 bridgehead atoms. The van der Waals surface area contributed by atoms with Crippen LogP contribution in [0.25, 0.3) is 0 Å². The Labute approximate surface area is 352 Å². The monoisotopic (exact) mass is 887 g/mol. The molecule has 2 N–H and O–H groups in total. The zero-order chi connectivity index (χ0) is 45.4. The van der Waals surface area contributed by atoms with Crippen molar-refractivity contribution in [1.29, 1.82) is 0 Å². The summed E-state index contributed by atoms with van der Waals surface area (Å²) in [7, 11) is -6.07. The first-order chi connectivity index (χ1) is 27.6. The van der Waals surface area contributed by atoms with Gasteiger partial charge in [-0.05, 0) is 85.4 Å². The number of methoxy groups -OCH3 is 1. The number of hydrogen-bond donors (Lipinski definition) is 1. The number of ketones is 1. The highest BCUT2D eigenvalue weighted by molar-refractivity contribution is 7.88. The van der Waals surface area contributed by atoms with E-state index in [-0.39, 0.29) is 54.0 Å². The van der Waals surface area contributed by atoms with Crippen LogP contribution in [0.5, 0.6) is 0 Å². The SMILES string of the molecule is CC(C)(C)OC(=O)N1CCC(N(Cc2ccc(C(=O)CN)cc2F)S(C)(=O)=O)CC1.COC(=O)c1ccc(CN(C2CCN(C(=O)OC(C)(C)C)CC2)S(C)(=O)=O)c(F)c1. The Morgan fingerprint density at radius 3 is 1.33 bits per heavy atom. The van der Waals surface area contributed by atoms with Crippen LogP contribution >= 0.6 is 0 Å². The molecule has 2 amide bonds.